The molecule has 0 aliphatic carbocycles. The minimum Gasteiger partial charge on any atom is -0.481 e. The molecule has 0 unspecified atom stereocenters. The van der Waals surface area contributed by atoms with Gasteiger partial charge in [-0.3, -0.25) is 9.69 Å². The van der Waals surface area contributed by atoms with Gasteiger partial charge in [-0.2, -0.15) is 0 Å². The van der Waals surface area contributed by atoms with Gasteiger partial charge in [-0.1, -0.05) is 11.6 Å². The second kappa shape index (κ2) is 8.18. The highest BCUT2D eigenvalue weighted by Gasteiger charge is 2.37. The summed E-state index contributed by atoms with van der Waals surface area (Å²) in [6.07, 6.45) is 4.30. The molecule has 1 amide bonds. The van der Waals surface area contributed by atoms with Crippen LogP contribution in [-0.4, -0.2) is 53.0 Å². The molecule has 2 fully saturated rings. The van der Waals surface area contributed by atoms with Crippen molar-refractivity contribution >= 4 is 17.5 Å². The molecule has 0 N–H and O–H groups in total. The number of carbonyl (C=O) groups is 1. The predicted molar refractivity (Wildman–Crippen MR) is 106 cm³/mol. The smallest absolute Gasteiger partial charge is 0.263 e. The van der Waals surface area contributed by atoms with Crippen LogP contribution in [0.25, 0.3) is 0 Å². The van der Waals surface area contributed by atoms with Gasteiger partial charge in [-0.15, -0.1) is 0 Å². The average Bonchev–Trinajstić information content (AvgIpc) is 2.95. The Morgan fingerprint density at radius 1 is 1.23 bits per heavy atom. The number of likely N-dealkylation sites (tertiary alicyclic amines) is 2. The number of aryl methyl sites for hydroxylation is 1. The molecule has 4 nitrogen and oxygen atoms in total. The zero-order chi connectivity index (χ0) is 18.8. The van der Waals surface area contributed by atoms with Crippen LogP contribution < -0.4 is 4.74 Å². The minimum atomic E-state index is -0.484. The zero-order valence-electron chi connectivity index (χ0n) is 16.4. The van der Waals surface area contributed by atoms with Gasteiger partial charge in [0.1, 0.15) is 5.75 Å². The Hall–Kier alpha value is -1.26. The average molecular weight is 379 g/mol. The zero-order valence-corrected chi connectivity index (χ0v) is 17.1. The number of hydrogen-bond donors (Lipinski definition) is 0. The number of halogens is 1. The van der Waals surface area contributed by atoms with Crippen molar-refractivity contribution in [3.8, 4) is 5.75 Å². The van der Waals surface area contributed by atoms with Crippen molar-refractivity contribution in [2.24, 2.45) is 0 Å². The van der Waals surface area contributed by atoms with Crippen LogP contribution >= 0.6 is 11.6 Å². The molecular weight excluding hydrogens is 348 g/mol. The molecule has 5 heteroatoms. The molecule has 2 aliphatic heterocycles. The van der Waals surface area contributed by atoms with Crippen molar-refractivity contribution in [1.82, 2.24) is 9.80 Å². The maximum atomic E-state index is 13.0. The Bertz CT molecular complexity index is 641. The summed E-state index contributed by atoms with van der Waals surface area (Å²) < 4.78 is 5.95. The first-order valence-electron chi connectivity index (χ1n) is 9.86. The molecule has 1 aromatic rings. The van der Waals surface area contributed by atoms with E-state index in [2.05, 4.69) is 18.7 Å². The lowest BCUT2D eigenvalue weighted by atomic mass is 10.0. The molecular formula is C21H31ClN2O2. The van der Waals surface area contributed by atoms with E-state index in [0.717, 1.165) is 30.8 Å². The number of carbonyl (C=O) groups excluding carboxylic acids is 1. The van der Waals surface area contributed by atoms with Crippen LogP contribution in [0.1, 0.15) is 52.0 Å². The van der Waals surface area contributed by atoms with Gasteiger partial charge in [-0.05, 0) is 77.1 Å². The fraction of sp³-hybridized carbons (Fsp3) is 0.667. The molecule has 144 valence electrons. The molecule has 2 heterocycles. The minimum absolute atomic E-state index is 0.0866. The summed E-state index contributed by atoms with van der Waals surface area (Å²) in [5, 5.41) is 0.682. The van der Waals surface area contributed by atoms with Gasteiger partial charge < -0.3 is 9.64 Å². The van der Waals surface area contributed by atoms with E-state index in [0.29, 0.717) is 23.1 Å². The van der Waals surface area contributed by atoms with Gasteiger partial charge >= 0.3 is 0 Å². The van der Waals surface area contributed by atoms with E-state index in [1.807, 2.05) is 30.9 Å². The fourth-order valence-corrected chi connectivity index (χ4v) is 4.80. The number of hydrogen-bond acceptors (Lipinski definition) is 3. The van der Waals surface area contributed by atoms with Gasteiger partial charge in [0.05, 0.1) is 0 Å². The monoisotopic (exact) mass is 378 g/mol. The largest absolute Gasteiger partial charge is 0.481 e. The van der Waals surface area contributed by atoms with Crippen molar-refractivity contribution < 1.29 is 9.53 Å². The van der Waals surface area contributed by atoms with E-state index in [4.69, 9.17) is 16.3 Å². The molecule has 0 saturated carbocycles. The number of ether oxygens (including phenoxy) is 1. The van der Waals surface area contributed by atoms with Crippen molar-refractivity contribution in [2.45, 2.75) is 77.6 Å². The summed E-state index contributed by atoms with van der Waals surface area (Å²) in [6.45, 7) is 10.1. The Kier molecular flexibility index (Phi) is 6.13. The number of amides is 1. The van der Waals surface area contributed by atoms with Crippen molar-refractivity contribution in [3.63, 3.8) is 0 Å². The summed E-state index contributed by atoms with van der Waals surface area (Å²) in [6, 6.07) is 7.22. The van der Waals surface area contributed by atoms with Crippen LogP contribution in [0.2, 0.25) is 5.02 Å². The highest BCUT2D eigenvalue weighted by atomic mass is 35.5. The number of benzene rings is 1. The lowest BCUT2D eigenvalue weighted by Crippen LogP contribution is -2.54. The first-order valence-corrected chi connectivity index (χ1v) is 10.2. The Morgan fingerprint density at radius 3 is 2.58 bits per heavy atom. The van der Waals surface area contributed by atoms with Crippen LogP contribution in [0.15, 0.2) is 18.2 Å². The number of nitrogens with zero attached hydrogens (tertiary/aromatic N) is 2. The molecule has 0 radical (unpaired) electrons. The molecule has 0 spiro atoms. The van der Waals surface area contributed by atoms with Crippen LogP contribution in [0.4, 0.5) is 0 Å². The SMILES string of the molecule is Cc1cc(Cl)ccc1O[C@H](C)C(=O)N1CCC[C@H](N2[C@@H](C)CC[C@@H]2C)C1. The molecule has 0 bridgehead atoms. The molecule has 1 aromatic carbocycles. The van der Waals surface area contributed by atoms with E-state index in [-0.39, 0.29) is 5.91 Å². The molecule has 4 atom stereocenters. The Labute approximate surface area is 162 Å². The normalized spacial score (nSPS) is 28.2. The third-order valence-corrected chi connectivity index (χ3v) is 6.17. The van der Waals surface area contributed by atoms with E-state index >= 15 is 0 Å². The lowest BCUT2D eigenvalue weighted by Gasteiger charge is -2.42. The maximum Gasteiger partial charge on any atom is 0.263 e. The number of piperidine rings is 1. The van der Waals surface area contributed by atoms with E-state index in [9.17, 15) is 4.79 Å². The van der Waals surface area contributed by atoms with Crippen LogP contribution in [0.5, 0.6) is 5.75 Å². The summed E-state index contributed by atoms with van der Waals surface area (Å²) in [4.78, 5) is 17.6. The van der Waals surface area contributed by atoms with Crippen molar-refractivity contribution in [2.75, 3.05) is 13.1 Å². The summed E-state index contributed by atoms with van der Waals surface area (Å²) in [5.41, 5.74) is 0.952. The third-order valence-electron chi connectivity index (χ3n) is 5.94. The first-order chi connectivity index (χ1) is 12.4. The second-order valence-corrected chi connectivity index (χ2v) is 8.41. The van der Waals surface area contributed by atoms with Gasteiger partial charge in [0, 0.05) is 36.2 Å². The lowest BCUT2D eigenvalue weighted by molar-refractivity contribution is -0.140. The Balaban J connectivity index is 1.63. The fourth-order valence-electron chi connectivity index (χ4n) is 4.58. The van der Waals surface area contributed by atoms with Crippen LogP contribution in [0.3, 0.4) is 0 Å². The molecule has 2 aliphatic rings. The highest BCUT2D eigenvalue weighted by molar-refractivity contribution is 6.30. The topological polar surface area (TPSA) is 32.8 Å². The summed E-state index contributed by atoms with van der Waals surface area (Å²) in [7, 11) is 0. The van der Waals surface area contributed by atoms with Crippen LogP contribution in [-0.2, 0) is 4.79 Å². The van der Waals surface area contributed by atoms with Gasteiger partial charge in [-0.25, -0.2) is 0 Å². The molecule has 26 heavy (non-hydrogen) atoms. The van der Waals surface area contributed by atoms with Crippen molar-refractivity contribution in [3.05, 3.63) is 28.8 Å². The van der Waals surface area contributed by atoms with Crippen molar-refractivity contribution in [1.29, 1.82) is 0 Å². The molecule has 0 aromatic heterocycles. The molecule has 3 rings (SSSR count). The number of rotatable bonds is 4. The highest BCUT2D eigenvalue weighted by Crippen LogP contribution is 2.30. The summed E-state index contributed by atoms with van der Waals surface area (Å²) >= 11 is 6.00. The third kappa shape index (κ3) is 4.17. The van der Waals surface area contributed by atoms with Gasteiger partial charge in [0.15, 0.2) is 6.10 Å². The van der Waals surface area contributed by atoms with Gasteiger partial charge in [0.25, 0.3) is 5.91 Å². The van der Waals surface area contributed by atoms with Gasteiger partial charge in [0.2, 0.25) is 0 Å². The van der Waals surface area contributed by atoms with Crippen LogP contribution in [0, 0.1) is 6.92 Å². The molecule has 2 saturated heterocycles. The predicted octanol–water partition coefficient (Wildman–Crippen LogP) is 4.28. The van der Waals surface area contributed by atoms with E-state index < -0.39 is 6.10 Å². The quantitative estimate of drug-likeness (QED) is 0.783. The second-order valence-electron chi connectivity index (χ2n) is 7.97. The van der Waals surface area contributed by atoms with E-state index in [1.54, 1.807) is 6.07 Å². The standard InChI is InChI=1S/C21H31ClN2O2/c1-14-12-18(22)9-10-20(14)26-17(4)21(25)23-11-5-6-19(13-23)24-15(2)7-8-16(24)3/h9-10,12,15-17,19H,5-8,11,13H2,1-4H3/t15-,16-,17+,19-/m0/s1. The summed E-state index contributed by atoms with van der Waals surface area (Å²) in [5.74, 6) is 0.814. The van der Waals surface area contributed by atoms with E-state index in [1.165, 1.54) is 19.3 Å². The Morgan fingerprint density at radius 2 is 1.92 bits per heavy atom. The maximum absolute atomic E-state index is 13.0. The first kappa shape index (κ1) is 19.5.